The first kappa shape index (κ1) is 16.9. The van der Waals surface area contributed by atoms with Gasteiger partial charge in [-0.3, -0.25) is 5.32 Å². The third-order valence-electron chi connectivity index (χ3n) is 2.16. The van der Waals surface area contributed by atoms with Gasteiger partial charge in [-0.1, -0.05) is 0 Å². The fourth-order valence-corrected chi connectivity index (χ4v) is 2.19. The topological polar surface area (TPSA) is 136 Å². The molecule has 1 aromatic carbocycles. The second-order valence-electron chi connectivity index (χ2n) is 5.19. The first-order valence-corrected chi connectivity index (χ1v) is 7.35. The number of ether oxygens (including phenoxy) is 1. The number of carbonyl (C=O) groups is 2. The molecule has 0 fully saturated rings. The van der Waals surface area contributed by atoms with E-state index in [2.05, 4.69) is 5.32 Å². The third kappa shape index (κ3) is 5.04. The third-order valence-corrected chi connectivity index (χ3v) is 3.11. The summed E-state index contributed by atoms with van der Waals surface area (Å²) in [4.78, 5) is 21.9. The highest BCUT2D eigenvalue weighted by molar-refractivity contribution is 7.89. The Morgan fingerprint density at radius 2 is 1.86 bits per heavy atom. The lowest BCUT2D eigenvalue weighted by atomic mass is 10.2. The van der Waals surface area contributed by atoms with Crippen LogP contribution < -0.4 is 10.5 Å². The number of benzene rings is 1. The summed E-state index contributed by atoms with van der Waals surface area (Å²) in [6.45, 7) is 4.99. The Kier molecular flexibility index (Phi) is 4.59. The molecule has 8 nitrogen and oxygen atoms in total. The molecule has 0 atom stereocenters. The van der Waals surface area contributed by atoms with Gasteiger partial charge in [0.15, 0.2) is 0 Å². The first-order valence-electron chi connectivity index (χ1n) is 5.80. The molecule has 0 aliphatic rings. The lowest BCUT2D eigenvalue weighted by molar-refractivity contribution is 0.0634. The first-order chi connectivity index (χ1) is 9.40. The maximum Gasteiger partial charge on any atom is 0.412 e. The van der Waals surface area contributed by atoms with Gasteiger partial charge in [-0.15, -0.1) is 0 Å². The van der Waals surface area contributed by atoms with Gasteiger partial charge in [-0.2, -0.15) is 0 Å². The number of hydrogen-bond donors (Lipinski definition) is 3. The molecule has 0 aliphatic carbocycles. The van der Waals surface area contributed by atoms with E-state index in [0.717, 1.165) is 12.1 Å². The monoisotopic (exact) mass is 316 g/mol. The van der Waals surface area contributed by atoms with Crippen molar-refractivity contribution < 1.29 is 27.9 Å². The van der Waals surface area contributed by atoms with Crippen molar-refractivity contribution in [2.75, 3.05) is 5.32 Å². The van der Waals surface area contributed by atoms with Crippen LogP contribution >= 0.6 is 0 Å². The highest BCUT2D eigenvalue weighted by atomic mass is 32.2. The number of nitrogens with two attached hydrogens (primary N) is 1. The van der Waals surface area contributed by atoms with Gasteiger partial charge in [0.05, 0.1) is 10.5 Å². The van der Waals surface area contributed by atoms with Crippen molar-refractivity contribution in [1.82, 2.24) is 0 Å². The van der Waals surface area contributed by atoms with E-state index in [1.165, 1.54) is 6.07 Å². The maximum absolute atomic E-state index is 11.6. The van der Waals surface area contributed by atoms with Crippen LogP contribution in [0.15, 0.2) is 23.1 Å². The lowest BCUT2D eigenvalue weighted by Crippen LogP contribution is -2.27. The van der Waals surface area contributed by atoms with Gasteiger partial charge >= 0.3 is 12.1 Å². The van der Waals surface area contributed by atoms with Gasteiger partial charge in [0.2, 0.25) is 10.0 Å². The molecule has 0 aliphatic heterocycles. The van der Waals surface area contributed by atoms with E-state index >= 15 is 0 Å². The summed E-state index contributed by atoms with van der Waals surface area (Å²) in [5.74, 6) is -1.44. The Morgan fingerprint density at radius 3 is 2.29 bits per heavy atom. The van der Waals surface area contributed by atoms with Crippen LogP contribution in [0.3, 0.4) is 0 Å². The molecule has 21 heavy (non-hydrogen) atoms. The Bertz CT molecular complexity index is 675. The van der Waals surface area contributed by atoms with Crippen LogP contribution in [0.5, 0.6) is 0 Å². The molecule has 0 heterocycles. The number of amides is 1. The van der Waals surface area contributed by atoms with Crippen LogP contribution in [0.2, 0.25) is 0 Å². The average molecular weight is 316 g/mol. The number of carboxylic acid groups (broad SMARTS) is 1. The summed E-state index contributed by atoms with van der Waals surface area (Å²) in [5.41, 5.74) is -1.15. The minimum absolute atomic E-state index is 0.0540. The van der Waals surface area contributed by atoms with E-state index in [1.54, 1.807) is 20.8 Å². The van der Waals surface area contributed by atoms with Crippen molar-refractivity contribution >= 4 is 27.8 Å². The predicted octanol–water partition coefficient (Wildman–Crippen LogP) is 1.38. The van der Waals surface area contributed by atoms with Crippen molar-refractivity contribution in [1.29, 1.82) is 0 Å². The minimum atomic E-state index is -4.24. The van der Waals surface area contributed by atoms with E-state index in [-0.39, 0.29) is 5.69 Å². The summed E-state index contributed by atoms with van der Waals surface area (Å²) in [6, 6.07) is 3.24. The van der Waals surface area contributed by atoms with Gasteiger partial charge in [-0.25, -0.2) is 23.1 Å². The summed E-state index contributed by atoms with van der Waals surface area (Å²) in [7, 11) is -4.24. The second-order valence-corrected chi connectivity index (χ2v) is 6.72. The number of sulfonamides is 1. The Labute approximate surface area is 122 Å². The van der Waals surface area contributed by atoms with E-state index in [0.29, 0.717) is 0 Å². The van der Waals surface area contributed by atoms with Crippen LogP contribution in [0.25, 0.3) is 0 Å². The van der Waals surface area contributed by atoms with E-state index in [1.807, 2.05) is 0 Å². The molecule has 0 unspecified atom stereocenters. The number of anilines is 1. The molecular weight excluding hydrogens is 300 g/mol. The highest BCUT2D eigenvalue weighted by Crippen LogP contribution is 2.20. The molecule has 0 saturated heterocycles. The SMILES string of the molecule is CC(C)(C)OC(=O)Nc1ccc(C(=O)O)c(S(N)(=O)=O)c1. The molecule has 1 amide bonds. The normalized spacial score (nSPS) is 11.8. The number of primary sulfonamides is 1. The zero-order valence-corrected chi connectivity index (χ0v) is 12.5. The molecule has 4 N–H and O–H groups in total. The Hall–Kier alpha value is -2.13. The zero-order chi connectivity index (χ0) is 16.4. The second kappa shape index (κ2) is 5.70. The zero-order valence-electron chi connectivity index (χ0n) is 11.7. The number of carbonyl (C=O) groups excluding carboxylic acids is 1. The fraction of sp³-hybridized carbons (Fsp3) is 0.333. The minimum Gasteiger partial charge on any atom is -0.478 e. The molecule has 0 bridgehead atoms. The molecule has 0 spiro atoms. The molecule has 1 aromatic rings. The summed E-state index contributed by atoms with van der Waals surface area (Å²) in [6.07, 6.45) is -0.800. The van der Waals surface area contributed by atoms with Gasteiger partial charge in [0.1, 0.15) is 5.60 Å². The summed E-state index contributed by atoms with van der Waals surface area (Å²) >= 11 is 0. The molecule has 116 valence electrons. The van der Waals surface area contributed by atoms with Gasteiger partial charge in [0, 0.05) is 5.69 Å². The largest absolute Gasteiger partial charge is 0.478 e. The van der Waals surface area contributed by atoms with Crippen molar-refractivity contribution in [2.24, 2.45) is 5.14 Å². The smallest absolute Gasteiger partial charge is 0.412 e. The molecule has 0 aromatic heterocycles. The van der Waals surface area contributed by atoms with Crippen LogP contribution in [0, 0.1) is 0 Å². The Balaban J connectivity index is 3.13. The Morgan fingerprint density at radius 1 is 1.29 bits per heavy atom. The van der Waals surface area contributed by atoms with E-state index in [9.17, 15) is 18.0 Å². The summed E-state index contributed by atoms with van der Waals surface area (Å²) in [5, 5.41) is 16.2. The van der Waals surface area contributed by atoms with E-state index in [4.69, 9.17) is 15.0 Å². The highest BCUT2D eigenvalue weighted by Gasteiger charge is 2.21. The maximum atomic E-state index is 11.6. The van der Waals surface area contributed by atoms with Crippen LogP contribution in [0.4, 0.5) is 10.5 Å². The number of hydrogen-bond acceptors (Lipinski definition) is 5. The van der Waals surface area contributed by atoms with Crippen LogP contribution in [0.1, 0.15) is 31.1 Å². The summed E-state index contributed by atoms with van der Waals surface area (Å²) < 4.78 is 27.8. The van der Waals surface area contributed by atoms with Crippen molar-refractivity contribution in [3.63, 3.8) is 0 Å². The molecule has 0 saturated carbocycles. The molecule has 0 radical (unpaired) electrons. The number of rotatable bonds is 3. The number of carboxylic acids is 1. The lowest BCUT2D eigenvalue weighted by Gasteiger charge is -2.19. The number of aromatic carboxylic acids is 1. The molecule has 1 rings (SSSR count). The van der Waals surface area contributed by atoms with Gasteiger partial charge in [0.25, 0.3) is 0 Å². The van der Waals surface area contributed by atoms with Gasteiger partial charge < -0.3 is 9.84 Å². The van der Waals surface area contributed by atoms with Crippen LogP contribution in [-0.4, -0.2) is 31.2 Å². The van der Waals surface area contributed by atoms with E-state index < -0.39 is 38.1 Å². The fourth-order valence-electron chi connectivity index (χ4n) is 1.43. The van der Waals surface area contributed by atoms with Crippen molar-refractivity contribution in [3.05, 3.63) is 23.8 Å². The van der Waals surface area contributed by atoms with Gasteiger partial charge in [-0.05, 0) is 39.0 Å². The molecular formula is C12H16N2O6S. The quantitative estimate of drug-likeness (QED) is 0.770. The molecule has 9 heteroatoms. The number of nitrogens with one attached hydrogen (secondary N) is 1. The standard InChI is InChI=1S/C12H16N2O6S/c1-12(2,3)20-11(17)14-7-4-5-8(10(15)16)9(6-7)21(13,18)19/h4-6H,1-3H3,(H,14,17)(H,15,16)(H2,13,18,19). The van der Waals surface area contributed by atoms with Crippen molar-refractivity contribution in [3.8, 4) is 0 Å². The predicted molar refractivity (Wildman–Crippen MR) is 74.6 cm³/mol. The average Bonchev–Trinajstić information content (AvgIpc) is 2.24. The van der Waals surface area contributed by atoms with Crippen LogP contribution in [-0.2, 0) is 14.8 Å². The van der Waals surface area contributed by atoms with Crippen molar-refractivity contribution in [2.45, 2.75) is 31.3 Å².